The number of carbonyl (C=O) groups is 2. The summed E-state index contributed by atoms with van der Waals surface area (Å²) >= 11 is 3.41. The van der Waals surface area contributed by atoms with Gasteiger partial charge in [-0.15, -0.1) is 0 Å². The summed E-state index contributed by atoms with van der Waals surface area (Å²) in [6.45, 7) is 4.09. The average Bonchev–Trinajstić information content (AvgIpc) is 2.55. The van der Waals surface area contributed by atoms with Crippen LogP contribution in [0.25, 0.3) is 0 Å². The third-order valence-corrected chi connectivity index (χ3v) is 5.13. The second kappa shape index (κ2) is 7.89. The molecule has 4 heterocycles. The van der Waals surface area contributed by atoms with Crippen LogP contribution < -0.4 is 16.0 Å². The highest BCUT2D eigenvalue weighted by molar-refractivity contribution is 9.07. The van der Waals surface area contributed by atoms with Crippen molar-refractivity contribution in [3.8, 4) is 0 Å². The standard InChI is InChI=1S/C7H11BrN2O2.C7H12N2O2/c8-10-2-1-5-6(3-10)12-4-7(11)9-5;10-7-4-11-6-3-8-2-1-5(6)9-7/h5-6H,1-4H2,(H,9,11);5-6,8H,1-4H2,(H,9,10)/t2*5?,6-/m00/s1. The first-order chi connectivity index (χ1) is 11.1. The summed E-state index contributed by atoms with van der Waals surface area (Å²) in [5.74, 6) is 0.0347. The first kappa shape index (κ1) is 17.1. The van der Waals surface area contributed by atoms with Gasteiger partial charge >= 0.3 is 0 Å². The minimum absolute atomic E-state index is 0.0132. The maximum atomic E-state index is 10.9. The molecule has 0 aliphatic carbocycles. The van der Waals surface area contributed by atoms with Gasteiger partial charge in [0.15, 0.2) is 0 Å². The van der Waals surface area contributed by atoms with Crippen LogP contribution in [0.15, 0.2) is 0 Å². The second-order valence-corrected chi connectivity index (χ2v) is 7.20. The van der Waals surface area contributed by atoms with E-state index in [4.69, 9.17) is 9.47 Å². The number of fused-ring (bicyclic) bond motifs is 2. The molecule has 0 aromatic carbocycles. The van der Waals surface area contributed by atoms with Gasteiger partial charge in [-0.3, -0.25) is 9.59 Å². The zero-order valence-electron chi connectivity index (χ0n) is 12.9. The number of piperidine rings is 2. The van der Waals surface area contributed by atoms with E-state index in [1.165, 1.54) is 0 Å². The molecule has 2 amide bonds. The molecule has 9 heteroatoms. The first-order valence-corrected chi connectivity index (χ1v) is 8.76. The van der Waals surface area contributed by atoms with Crippen molar-refractivity contribution in [3.05, 3.63) is 0 Å². The number of carbonyl (C=O) groups excluding carboxylic acids is 2. The van der Waals surface area contributed by atoms with E-state index in [0.29, 0.717) is 0 Å². The summed E-state index contributed by atoms with van der Waals surface area (Å²) in [5, 5.41) is 9.06. The van der Waals surface area contributed by atoms with Crippen LogP contribution in [0.5, 0.6) is 0 Å². The van der Waals surface area contributed by atoms with Crippen LogP contribution in [0.1, 0.15) is 12.8 Å². The highest BCUT2D eigenvalue weighted by Gasteiger charge is 2.34. The van der Waals surface area contributed by atoms with Gasteiger partial charge in [-0.05, 0) is 19.4 Å². The molecule has 4 atom stereocenters. The normalized spacial score (nSPS) is 37.4. The highest BCUT2D eigenvalue weighted by atomic mass is 79.9. The van der Waals surface area contributed by atoms with Crippen molar-refractivity contribution in [3.63, 3.8) is 0 Å². The van der Waals surface area contributed by atoms with Gasteiger partial charge < -0.3 is 25.4 Å². The molecule has 8 nitrogen and oxygen atoms in total. The van der Waals surface area contributed by atoms with Crippen LogP contribution in [0.3, 0.4) is 0 Å². The lowest BCUT2D eigenvalue weighted by Gasteiger charge is -2.38. The minimum Gasteiger partial charge on any atom is -0.365 e. The zero-order chi connectivity index (χ0) is 16.2. The Kier molecular flexibility index (Phi) is 5.86. The van der Waals surface area contributed by atoms with Crippen LogP contribution in [-0.4, -0.2) is 79.4 Å². The van der Waals surface area contributed by atoms with Crippen molar-refractivity contribution in [1.82, 2.24) is 19.9 Å². The number of morpholine rings is 2. The third-order valence-electron chi connectivity index (χ3n) is 4.49. The second-order valence-electron chi connectivity index (χ2n) is 6.20. The minimum atomic E-state index is 0.0132. The van der Waals surface area contributed by atoms with Crippen LogP contribution in [0.2, 0.25) is 0 Å². The van der Waals surface area contributed by atoms with Crippen molar-refractivity contribution in [2.24, 2.45) is 0 Å². The Labute approximate surface area is 144 Å². The number of nitrogens with one attached hydrogen (secondary N) is 3. The lowest BCUT2D eigenvalue weighted by Crippen LogP contribution is -2.58. The Morgan fingerprint density at radius 3 is 2.39 bits per heavy atom. The molecule has 0 saturated carbocycles. The first-order valence-electron chi connectivity index (χ1n) is 8.05. The lowest BCUT2D eigenvalue weighted by atomic mass is 10.0. The van der Waals surface area contributed by atoms with Gasteiger partial charge in [0.25, 0.3) is 0 Å². The fraction of sp³-hybridized carbons (Fsp3) is 0.857. The summed E-state index contributed by atoms with van der Waals surface area (Å²) in [6.07, 6.45) is 2.30. The van der Waals surface area contributed by atoms with Crippen molar-refractivity contribution in [2.75, 3.05) is 39.4 Å². The molecule has 130 valence electrons. The van der Waals surface area contributed by atoms with Crippen molar-refractivity contribution < 1.29 is 19.1 Å². The Bertz CT molecular complexity index is 452. The zero-order valence-corrected chi connectivity index (χ0v) is 14.5. The number of nitrogens with zero attached hydrogens (tertiary/aromatic N) is 1. The summed E-state index contributed by atoms with van der Waals surface area (Å²) in [7, 11) is 0. The molecule has 0 aromatic rings. The van der Waals surface area contributed by atoms with E-state index in [0.717, 1.165) is 39.0 Å². The monoisotopic (exact) mass is 390 g/mol. The smallest absolute Gasteiger partial charge is 0.246 e. The number of rotatable bonds is 0. The van der Waals surface area contributed by atoms with Crippen LogP contribution >= 0.6 is 16.1 Å². The van der Waals surface area contributed by atoms with E-state index in [-0.39, 0.29) is 49.3 Å². The van der Waals surface area contributed by atoms with Gasteiger partial charge in [0.05, 0.1) is 24.3 Å². The topological polar surface area (TPSA) is 91.9 Å². The third kappa shape index (κ3) is 4.63. The molecule has 0 radical (unpaired) electrons. The number of hydrogen-bond donors (Lipinski definition) is 3. The lowest BCUT2D eigenvalue weighted by molar-refractivity contribution is -0.139. The van der Waals surface area contributed by atoms with Gasteiger partial charge in [0, 0.05) is 35.8 Å². The van der Waals surface area contributed by atoms with Gasteiger partial charge in [-0.1, -0.05) is 0 Å². The molecule has 4 aliphatic rings. The predicted molar refractivity (Wildman–Crippen MR) is 85.9 cm³/mol. The molecule has 0 bridgehead atoms. The summed E-state index contributed by atoms with van der Waals surface area (Å²) in [5.41, 5.74) is 0. The molecule has 4 rings (SSSR count). The Balaban J connectivity index is 0.000000136. The molecule has 4 fully saturated rings. The van der Waals surface area contributed by atoms with E-state index in [2.05, 4.69) is 32.1 Å². The fourth-order valence-corrected chi connectivity index (χ4v) is 3.74. The summed E-state index contributed by atoms with van der Waals surface area (Å²) in [4.78, 5) is 21.8. The van der Waals surface area contributed by atoms with Crippen LogP contribution in [-0.2, 0) is 19.1 Å². The molecular weight excluding hydrogens is 368 g/mol. The molecule has 0 spiro atoms. The van der Waals surface area contributed by atoms with Crippen LogP contribution in [0, 0.1) is 0 Å². The van der Waals surface area contributed by atoms with Crippen molar-refractivity contribution in [2.45, 2.75) is 37.1 Å². The molecule has 0 aromatic heterocycles. The summed E-state index contributed by atoms with van der Waals surface area (Å²) < 4.78 is 12.7. The Morgan fingerprint density at radius 2 is 1.65 bits per heavy atom. The van der Waals surface area contributed by atoms with Gasteiger partial charge in [-0.25, -0.2) is 3.93 Å². The molecule has 4 aliphatic heterocycles. The number of halogens is 1. The van der Waals surface area contributed by atoms with Crippen molar-refractivity contribution >= 4 is 28.0 Å². The predicted octanol–water partition coefficient (Wildman–Crippen LogP) is -1.25. The number of ether oxygens (including phenoxy) is 2. The van der Waals surface area contributed by atoms with Gasteiger partial charge in [0.2, 0.25) is 11.8 Å². The van der Waals surface area contributed by atoms with Gasteiger partial charge in [0.1, 0.15) is 13.2 Å². The highest BCUT2D eigenvalue weighted by Crippen LogP contribution is 2.18. The van der Waals surface area contributed by atoms with E-state index in [9.17, 15) is 9.59 Å². The molecule has 2 unspecified atom stereocenters. The molecule has 3 N–H and O–H groups in total. The Morgan fingerprint density at radius 1 is 1.00 bits per heavy atom. The van der Waals surface area contributed by atoms with Gasteiger partial charge in [-0.2, -0.15) is 0 Å². The summed E-state index contributed by atoms with van der Waals surface area (Å²) in [6, 6.07) is 0.470. The molecule has 23 heavy (non-hydrogen) atoms. The van der Waals surface area contributed by atoms with Crippen molar-refractivity contribution in [1.29, 1.82) is 0 Å². The molecular formula is C14H23BrN4O4. The van der Waals surface area contributed by atoms with E-state index < -0.39 is 0 Å². The quantitative estimate of drug-likeness (QED) is 0.447. The maximum Gasteiger partial charge on any atom is 0.246 e. The number of amides is 2. The fourth-order valence-electron chi connectivity index (χ4n) is 3.25. The van der Waals surface area contributed by atoms with Crippen LogP contribution in [0.4, 0.5) is 0 Å². The van der Waals surface area contributed by atoms with E-state index in [1.807, 2.05) is 3.93 Å². The van der Waals surface area contributed by atoms with E-state index >= 15 is 0 Å². The van der Waals surface area contributed by atoms with E-state index in [1.54, 1.807) is 0 Å². The Hall–Kier alpha value is -0.740. The SMILES string of the molecule is O=C1CO[C@H]2CN(Br)CCC2N1.O=C1CO[C@H]2CNCCC2N1. The molecule has 4 saturated heterocycles. The number of hydrogen-bond acceptors (Lipinski definition) is 6. The maximum absolute atomic E-state index is 10.9. The largest absolute Gasteiger partial charge is 0.365 e. The average molecular weight is 391 g/mol.